The van der Waals surface area contributed by atoms with Gasteiger partial charge in [-0.05, 0) is 89.9 Å². The van der Waals surface area contributed by atoms with E-state index in [0.717, 1.165) is 83.5 Å². The second kappa shape index (κ2) is 62.4. The Morgan fingerprint density at radius 3 is 0.851 bits per heavy atom. The highest BCUT2D eigenvalue weighted by Crippen LogP contribution is 2.17. The summed E-state index contributed by atoms with van der Waals surface area (Å²) >= 11 is 0. The van der Waals surface area contributed by atoms with Crippen molar-refractivity contribution in [1.82, 2.24) is 0 Å². The number of hydrogen-bond donors (Lipinski definition) is 0. The van der Waals surface area contributed by atoms with Crippen molar-refractivity contribution in [3.05, 3.63) is 72.9 Å². The normalized spacial score (nSPS) is 12.5. The molecule has 428 valence electrons. The zero-order valence-electron chi connectivity index (χ0n) is 49.1. The Balaban J connectivity index is 4.20. The van der Waals surface area contributed by atoms with Crippen molar-refractivity contribution in [2.75, 3.05) is 13.2 Å². The second-order valence-electron chi connectivity index (χ2n) is 21.3. The Bertz CT molecular complexity index is 1370. The number of carbonyl (C=O) groups excluding carboxylic acids is 3. The van der Waals surface area contributed by atoms with Gasteiger partial charge in [0.05, 0.1) is 0 Å². The molecule has 0 fully saturated rings. The van der Waals surface area contributed by atoms with Crippen LogP contribution < -0.4 is 0 Å². The van der Waals surface area contributed by atoms with Gasteiger partial charge in [-0.15, -0.1) is 0 Å². The first-order valence-corrected chi connectivity index (χ1v) is 31.9. The summed E-state index contributed by atoms with van der Waals surface area (Å²) in [4.78, 5) is 38.2. The van der Waals surface area contributed by atoms with Crippen LogP contribution in [0.25, 0.3) is 0 Å². The molecule has 74 heavy (non-hydrogen) atoms. The predicted molar refractivity (Wildman–Crippen MR) is 321 cm³/mol. The molecule has 6 heteroatoms. The highest BCUT2D eigenvalue weighted by Gasteiger charge is 2.19. The Hall–Kier alpha value is -3.15. The molecule has 1 unspecified atom stereocenters. The molecule has 0 N–H and O–H groups in total. The smallest absolute Gasteiger partial charge is 0.306 e. The molecule has 0 aromatic rings. The van der Waals surface area contributed by atoms with Gasteiger partial charge in [-0.3, -0.25) is 14.4 Å². The molecule has 0 aliphatic rings. The summed E-state index contributed by atoms with van der Waals surface area (Å²) in [7, 11) is 0. The zero-order chi connectivity index (χ0) is 53.6. The van der Waals surface area contributed by atoms with Crippen molar-refractivity contribution < 1.29 is 28.6 Å². The molecule has 0 aliphatic heterocycles. The standard InChI is InChI=1S/C68H120O6/c1-4-7-10-13-16-19-22-25-27-28-29-30-31-32-33-34-35-36-37-38-39-40-42-43-46-49-52-55-58-61-67(70)73-64-65(63-72-66(69)60-57-54-51-48-45-24-21-18-15-12-9-6-3)74-68(71)62-59-56-53-50-47-44-41-26-23-20-17-14-11-8-5-2/h8,11,17,20,22,25-26,28-29,41,47,50,65H,4-7,9-10,12-16,18-19,21,23-24,27,30-40,42-46,48-49,51-64H2,1-3H3/b11-8-,20-17-,25-22-,29-28-,41-26-,50-47-. The molecule has 0 saturated heterocycles. The maximum absolute atomic E-state index is 12.8. The molecule has 0 heterocycles. The predicted octanol–water partition coefficient (Wildman–Crippen LogP) is 21.7. The first-order chi connectivity index (χ1) is 36.5. The second-order valence-corrected chi connectivity index (χ2v) is 21.3. The van der Waals surface area contributed by atoms with Crippen LogP contribution in [0.5, 0.6) is 0 Å². The van der Waals surface area contributed by atoms with Crippen molar-refractivity contribution >= 4 is 17.9 Å². The van der Waals surface area contributed by atoms with Gasteiger partial charge in [0.2, 0.25) is 0 Å². The maximum atomic E-state index is 12.8. The van der Waals surface area contributed by atoms with Crippen molar-refractivity contribution in [1.29, 1.82) is 0 Å². The Labute approximate surface area is 459 Å². The van der Waals surface area contributed by atoms with Crippen LogP contribution in [0.15, 0.2) is 72.9 Å². The first-order valence-electron chi connectivity index (χ1n) is 31.9. The maximum Gasteiger partial charge on any atom is 0.306 e. The van der Waals surface area contributed by atoms with Gasteiger partial charge < -0.3 is 14.2 Å². The molecule has 0 rings (SSSR count). The number of carbonyl (C=O) groups is 3. The minimum atomic E-state index is -0.794. The third-order valence-electron chi connectivity index (χ3n) is 13.9. The molecule has 0 aromatic heterocycles. The molecule has 0 saturated carbocycles. The fourth-order valence-electron chi connectivity index (χ4n) is 9.17. The molecule has 0 amide bonds. The van der Waals surface area contributed by atoms with E-state index in [1.54, 1.807) is 0 Å². The van der Waals surface area contributed by atoms with Crippen molar-refractivity contribution in [3.63, 3.8) is 0 Å². The summed E-state index contributed by atoms with van der Waals surface area (Å²) < 4.78 is 16.9. The molecule has 0 bridgehead atoms. The minimum Gasteiger partial charge on any atom is -0.462 e. The fourth-order valence-corrected chi connectivity index (χ4v) is 9.17. The summed E-state index contributed by atoms with van der Waals surface area (Å²) in [5.74, 6) is -0.917. The molecule has 0 aliphatic carbocycles. The van der Waals surface area contributed by atoms with E-state index >= 15 is 0 Å². The highest BCUT2D eigenvalue weighted by molar-refractivity contribution is 5.71. The molecule has 6 nitrogen and oxygen atoms in total. The van der Waals surface area contributed by atoms with Crippen molar-refractivity contribution in [2.24, 2.45) is 0 Å². The lowest BCUT2D eigenvalue weighted by molar-refractivity contribution is -0.167. The van der Waals surface area contributed by atoms with Gasteiger partial charge in [0.25, 0.3) is 0 Å². The molecular formula is C68H120O6. The molecule has 0 spiro atoms. The average Bonchev–Trinajstić information content (AvgIpc) is 3.40. The van der Waals surface area contributed by atoms with Crippen LogP contribution in [0.1, 0.15) is 323 Å². The number of allylic oxidation sites excluding steroid dienone is 12. The van der Waals surface area contributed by atoms with Crippen LogP contribution in [0.4, 0.5) is 0 Å². The topological polar surface area (TPSA) is 78.9 Å². The number of unbranched alkanes of at least 4 members (excludes halogenated alkanes) is 35. The van der Waals surface area contributed by atoms with Gasteiger partial charge in [0.15, 0.2) is 6.10 Å². The average molecular weight is 1030 g/mol. The van der Waals surface area contributed by atoms with E-state index in [9.17, 15) is 14.4 Å². The summed E-state index contributed by atoms with van der Waals surface area (Å²) in [6.07, 6.45) is 80.7. The van der Waals surface area contributed by atoms with Gasteiger partial charge in [-0.2, -0.15) is 0 Å². The monoisotopic (exact) mass is 1030 g/mol. The summed E-state index contributed by atoms with van der Waals surface area (Å²) in [6, 6.07) is 0. The lowest BCUT2D eigenvalue weighted by Gasteiger charge is -2.18. The fraction of sp³-hybridized carbons (Fsp3) is 0.779. The minimum absolute atomic E-state index is 0.0884. The molecule has 1 atom stereocenters. The van der Waals surface area contributed by atoms with Crippen molar-refractivity contribution in [2.45, 2.75) is 329 Å². The number of ether oxygens (including phenoxy) is 3. The summed E-state index contributed by atoms with van der Waals surface area (Å²) in [6.45, 7) is 6.51. The van der Waals surface area contributed by atoms with Gasteiger partial charge in [-0.1, -0.05) is 286 Å². The zero-order valence-corrected chi connectivity index (χ0v) is 49.1. The van der Waals surface area contributed by atoms with E-state index in [2.05, 4.69) is 93.7 Å². The van der Waals surface area contributed by atoms with E-state index in [-0.39, 0.29) is 37.5 Å². The molecule has 0 radical (unpaired) electrons. The van der Waals surface area contributed by atoms with E-state index in [0.29, 0.717) is 19.3 Å². The molecular weight excluding hydrogens is 913 g/mol. The largest absolute Gasteiger partial charge is 0.462 e. The highest BCUT2D eigenvalue weighted by atomic mass is 16.6. The van der Waals surface area contributed by atoms with Crippen LogP contribution >= 0.6 is 0 Å². The lowest BCUT2D eigenvalue weighted by Crippen LogP contribution is -2.30. The SMILES string of the molecule is CC/C=C\C/C=C\C/C=C\C/C=C\CCCCC(=O)OC(COC(=O)CCCCCCCCCCCCCC)COC(=O)CCCCCCCCCCCCCCCCCCC/C=C\C/C=C\CCCCCCC. The summed E-state index contributed by atoms with van der Waals surface area (Å²) in [5, 5.41) is 0. The molecule has 0 aromatic carbocycles. The van der Waals surface area contributed by atoms with E-state index in [1.807, 2.05) is 0 Å². The van der Waals surface area contributed by atoms with Gasteiger partial charge >= 0.3 is 17.9 Å². The first kappa shape index (κ1) is 70.8. The number of rotatable bonds is 58. The Morgan fingerprint density at radius 1 is 0.284 bits per heavy atom. The van der Waals surface area contributed by atoms with Gasteiger partial charge in [-0.25, -0.2) is 0 Å². The Morgan fingerprint density at radius 2 is 0.527 bits per heavy atom. The number of esters is 3. The lowest BCUT2D eigenvalue weighted by atomic mass is 10.0. The van der Waals surface area contributed by atoms with Crippen LogP contribution in [-0.2, 0) is 28.6 Å². The van der Waals surface area contributed by atoms with Crippen LogP contribution in [-0.4, -0.2) is 37.2 Å². The third-order valence-corrected chi connectivity index (χ3v) is 13.9. The van der Waals surface area contributed by atoms with E-state index < -0.39 is 6.10 Å². The van der Waals surface area contributed by atoms with Gasteiger partial charge in [0, 0.05) is 19.3 Å². The quantitative estimate of drug-likeness (QED) is 0.0261. The van der Waals surface area contributed by atoms with E-state index in [1.165, 1.54) is 193 Å². The van der Waals surface area contributed by atoms with Crippen molar-refractivity contribution in [3.8, 4) is 0 Å². The van der Waals surface area contributed by atoms with Crippen LogP contribution in [0.2, 0.25) is 0 Å². The third kappa shape index (κ3) is 59.7. The van der Waals surface area contributed by atoms with Gasteiger partial charge in [0.1, 0.15) is 13.2 Å². The van der Waals surface area contributed by atoms with Crippen LogP contribution in [0.3, 0.4) is 0 Å². The number of hydrogen-bond acceptors (Lipinski definition) is 6. The summed E-state index contributed by atoms with van der Waals surface area (Å²) in [5.41, 5.74) is 0. The van der Waals surface area contributed by atoms with Crippen LogP contribution in [0, 0.1) is 0 Å². The Kier molecular flexibility index (Phi) is 59.7. The van der Waals surface area contributed by atoms with E-state index in [4.69, 9.17) is 14.2 Å².